The molecular formula is C13H18ClNO3. The van der Waals surface area contributed by atoms with Crippen molar-refractivity contribution in [2.24, 2.45) is 5.73 Å². The molecule has 0 heterocycles. The molecule has 1 atom stereocenters. The van der Waals surface area contributed by atoms with Crippen molar-refractivity contribution in [2.45, 2.75) is 25.7 Å². The van der Waals surface area contributed by atoms with Crippen LogP contribution in [0.4, 0.5) is 0 Å². The second-order valence-electron chi connectivity index (χ2n) is 4.41. The van der Waals surface area contributed by atoms with E-state index in [-0.39, 0.29) is 12.5 Å². The summed E-state index contributed by atoms with van der Waals surface area (Å²) in [7, 11) is 1.55. The van der Waals surface area contributed by atoms with Crippen LogP contribution in [-0.4, -0.2) is 24.7 Å². The first-order chi connectivity index (χ1) is 8.42. The Bertz CT molecular complexity index is 446. The van der Waals surface area contributed by atoms with Gasteiger partial charge in [-0.15, -0.1) is 0 Å². The predicted molar refractivity (Wildman–Crippen MR) is 71.5 cm³/mol. The second-order valence-corrected chi connectivity index (χ2v) is 4.81. The van der Waals surface area contributed by atoms with Crippen molar-refractivity contribution in [1.29, 1.82) is 0 Å². The van der Waals surface area contributed by atoms with Gasteiger partial charge in [0.2, 0.25) is 0 Å². The Hall–Kier alpha value is -1.26. The lowest BCUT2D eigenvalue weighted by Crippen LogP contribution is -2.21. The molecule has 4 nitrogen and oxygen atoms in total. The van der Waals surface area contributed by atoms with E-state index in [1.807, 2.05) is 13.8 Å². The number of hydrogen-bond acceptors (Lipinski definition) is 3. The van der Waals surface area contributed by atoms with Crippen LogP contribution < -0.4 is 10.5 Å². The van der Waals surface area contributed by atoms with Gasteiger partial charge < -0.3 is 15.6 Å². The fourth-order valence-corrected chi connectivity index (χ4v) is 2.17. The summed E-state index contributed by atoms with van der Waals surface area (Å²) in [6.45, 7) is 4.03. The van der Waals surface area contributed by atoms with Crippen LogP contribution in [0.1, 0.15) is 36.8 Å². The fraction of sp³-hybridized carbons (Fsp3) is 0.462. The van der Waals surface area contributed by atoms with Gasteiger partial charge in [0, 0.05) is 6.54 Å². The minimum atomic E-state index is -0.951. The maximum absolute atomic E-state index is 11.1. The Morgan fingerprint density at radius 1 is 1.50 bits per heavy atom. The van der Waals surface area contributed by atoms with E-state index in [2.05, 4.69) is 0 Å². The Morgan fingerprint density at radius 2 is 2.11 bits per heavy atom. The van der Waals surface area contributed by atoms with Gasteiger partial charge in [0.1, 0.15) is 5.75 Å². The van der Waals surface area contributed by atoms with Crippen LogP contribution in [0, 0.1) is 0 Å². The number of rotatable bonds is 5. The number of methoxy groups -OCH3 is 1. The largest absolute Gasteiger partial charge is 0.495 e. The molecule has 0 aliphatic rings. The van der Waals surface area contributed by atoms with Crippen LogP contribution in [0.2, 0.25) is 5.02 Å². The van der Waals surface area contributed by atoms with E-state index in [0.717, 1.165) is 5.56 Å². The third kappa shape index (κ3) is 2.94. The van der Waals surface area contributed by atoms with Crippen LogP contribution in [0.25, 0.3) is 0 Å². The molecule has 5 heteroatoms. The molecule has 1 aromatic rings. The summed E-state index contributed by atoms with van der Waals surface area (Å²) < 4.78 is 5.26. The van der Waals surface area contributed by atoms with E-state index in [4.69, 9.17) is 27.2 Å². The zero-order chi connectivity index (χ0) is 13.9. The summed E-state index contributed by atoms with van der Waals surface area (Å²) in [5.74, 6) is -0.916. The number of carboxylic acid groups (broad SMARTS) is 1. The first kappa shape index (κ1) is 14.8. The fourth-order valence-electron chi connectivity index (χ4n) is 1.86. The van der Waals surface area contributed by atoms with E-state index in [1.54, 1.807) is 19.2 Å². The summed E-state index contributed by atoms with van der Waals surface area (Å²) in [6.07, 6.45) is 0. The molecule has 0 spiro atoms. The third-order valence-corrected chi connectivity index (χ3v) is 3.14. The Kier molecular flexibility index (Phi) is 4.99. The quantitative estimate of drug-likeness (QED) is 0.863. The minimum absolute atomic E-state index is 0.0372. The lowest BCUT2D eigenvalue weighted by Gasteiger charge is -2.18. The van der Waals surface area contributed by atoms with Crippen molar-refractivity contribution >= 4 is 17.6 Å². The van der Waals surface area contributed by atoms with E-state index < -0.39 is 11.9 Å². The normalized spacial score (nSPS) is 12.6. The standard InChI is InChI=1S/C13H18ClNO3/c1-7(2)9-4-8(10(6-15)13(16)17)5-11(14)12(9)18-3/h4-5,7,10H,6,15H2,1-3H3,(H,16,17). The highest BCUT2D eigenvalue weighted by molar-refractivity contribution is 6.32. The smallest absolute Gasteiger partial charge is 0.312 e. The number of carbonyl (C=O) groups is 1. The maximum atomic E-state index is 11.1. The molecule has 1 rings (SSSR count). The number of halogens is 1. The first-order valence-electron chi connectivity index (χ1n) is 5.72. The lowest BCUT2D eigenvalue weighted by molar-refractivity contribution is -0.138. The molecule has 1 unspecified atom stereocenters. The van der Waals surface area contributed by atoms with Crippen molar-refractivity contribution < 1.29 is 14.6 Å². The minimum Gasteiger partial charge on any atom is -0.495 e. The van der Waals surface area contributed by atoms with Crippen molar-refractivity contribution in [1.82, 2.24) is 0 Å². The van der Waals surface area contributed by atoms with Crippen LogP contribution in [0.3, 0.4) is 0 Å². The van der Waals surface area contributed by atoms with Crippen molar-refractivity contribution in [3.8, 4) is 5.75 Å². The Balaban J connectivity index is 3.36. The zero-order valence-electron chi connectivity index (χ0n) is 10.7. The molecule has 18 heavy (non-hydrogen) atoms. The van der Waals surface area contributed by atoms with Gasteiger partial charge in [0.15, 0.2) is 0 Å². The van der Waals surface area contributed by atoms with Gasteiger partial charge in [0.05, 0.1) is 18.1 Å². The van der Waals surface area contributed by atoms with Crippen molar-refractivity contribution in [3.05, 3.63) is 28.3 Å². The van der Waals surface area contributed by atoms with Gasteiger partial charge in [0.25, 0.3) is 0 Å². The van der Waals surface area contributed by atoms with E-state index in [9.17, 15) is 4.79 Å². The molecule has 0 fully saturated rings. The average Bonchev–Trinajstić information content (AvgIpc) is 2.28. The highest BCUT2D eigenvalue weighted by atomic mass is 35.5. The molecule has 1 aromatic carbocycles. The highest BCUT2D eigenvalue weighted by Gasteiger charge is 2.22. The SMILES string of the molecule is COc1c(Cl)cc(C(CN)C(=O)O)cc1C(C)C. The van der Waals surface area contributed by atoms with Crippen molar-refractivity contribution in [2.75, 3.05) is 13.7 Å². The van der Waals surface area contributed by atoms with Gasteiger partial charge in [-0.05, 0) is 23.1 Å². The molecule has 0 amide bonds. The van der Waals surface area contributed by atoms with Gasteiger partial charge in [-0.2, -0.15) is 0 Å². The number of aliphatic carboxylic acids is 1. The molecule has 0 radical (unpaired) electrons. The first-order valence-corrected chi connectivity index (χ1v) is 6.10. The van der Waals surface area contributed by atoms with Gasteiger partial charge >= 0.3 is 5.97 Å². The summed E-state index contributed by atoms with van der Waals surface area (Å²) in [4.78, 5) is 11.1. The molecular weight excluding hydrogens is 254 g/mol. The molecule has 0 aliphatic heterocycles. The average molecular weight is 272 g/mol. The van der Waals surface area contributed by atoms with Gasteiger partial charge in [-0.3, -0.25) is 4.79 Å². The summed E-state index contributed by atoms with van der Waals surface area (Å²) in [5, 5.41) is 9.53. The zero-order valence-corrected chi connectivity index (χ0v) is 11.5. The van der Waals surface area contributed by atoms with Crippen LogP contribution in [0.15, 0.2) is 12.1 Å². The van der Waals surface area contributed by atoms with Crippen LogP contribution >= 0.6 is 11.6 Å². The topological polar surface area (TPSA) is 72.5 Å². The van der Waals surface area contributed by atoms with E-state index >= 15 is 0 Å². The summed E-state index contributed by atoms with van der Waals surface area (Å²) in [6, 6.07) is 3.42. The molecule has 3 N–H and O–H groups in total. The lowest BCUT2D eigenvalue weighted by atomic mass is 9.93. The number of nitrogens with two attached hydrogens (primary N) is 1. The molecule has 100 valence electrons. The maximum Gasteiger partial charge on any atom is 0.312 e. The number of carboxylic acids is 1. The molecule has 0 saturated heterocycles. The number of benzene rings is 1. The van der Waals surface area contributed by atoms with E-state index in [0.29, 0.717) is 16.3 Å². The third-order valence-electron chi connectivity index (χ3n) is 2.86. The van der Waals surface area contributed by atoms with E-state index in [1.165, 1.54) is 0 Å². The Labute approximate surface area is 112 Å². The van der Waals surface area contributed by atoms with Crippen molar-refractivity contribution in [3.63, 3.8) is 0 Å². The molecule has 0 aliphatic carbocycles. The highest BCUT2D eigenvalue weighted by Crippen LogP contribution is 2.36. The summed E-state index contributed by atoms with van der Waals surface area (Å²) in [5.41, 5.74) is 7.00. The van der Waals surface area contributed by atoms with Gasteiger partial charge in [-0.25, -0.2) is 0 Å². The number of ether oxygens (including phenoxy) is 1. The molecule has 0 bridgehead atoms. The second kappa shape index (κ2) is 6.07. The molecule has 0 aromatic heterocycles. The summed E-state index contributed by atoms with van der Waals surface area (Å²) >= 11 is 6.13. The Morgan fingerprint density at radius 3 is 2.50 bits per heavy atom. The molecule has 0 saturated carbocycles. The van der Waals surface area contributed by atoms with Gasteiger partial charge in [-0.1, -0.05) is 31.5 Å². The van der Waals surface area contributed by atoms with Crippen LogP contribution in [-0.2, 0) is 4.79 Å². The van der Waals surface area contributed by atoms with Crippen LogP contribution in [0.5, 0.6) is 5.75 Å². The predicted octanol–water partition coefficient (Wildman–Crippen LogP) is 2.60. The number of hydrogen-bond donors (Lipinski definition) is 2. The monoisotopic (exact) mass is 271 g/mol.